The third-order valence-electron chi connectivity index (χ3n) is 2.91. The van der Waals surface area contributed by atoms with Crippen LogP contribution in [0.15, 0.2) is 18.5 Å². The van der Waals surface area contributed by atoms with E-state index in [4.69, 9.17) is 5.11 Å². The number of fused-ring (bicyclic) bond motifs is 1. The molecule has 3 N–H and O–H groups in total. The van der Waals surface area contributed by atoms with Crippen LogP contribution in [0.5, 0.6) is 0 Å². The molecule has 0 bridgehead atoms. The van der Waals surface area contributed by atoms with E-state index in [9.17, 15) is 14.0 Å². The predicted octanol–water partition coefficient (Wildman–Crippen LogP) is 2.11. The Morgan fingerprint density at radius 3 is 2.81 bits per heavy atom. The van der Waals surface area contributed by atoms with Crippen molar-refractivity contribution in [3.63, 3.8) is 0 Å². The Bertz CT molecular complexity index is 659. The zero-order valence-corrected chi connectivity index (χ0v) is 12.0. The Hall–Kier alpha value is -2.15. The van der Waals surface area contributed by atoms with Crippen molar-refractivity contribution in [2.75, 3.05) is 0 Å². The molecule has 0 saturated carbocycles. The molecule has 0 saturated heterocycles. The van der Waals surface area contributed by atoms with Crippen LogP contribution in [0.25, 0.3) is 11.0 Å². The molecule has 21 heavy (non-hydrogen) atoms. The SMILES string of the molecule is CCCC(NC(=O)c1cc(F)cc2[nH]cnc12)C(=O)O.Cl. The summed E-state index contributed by atoms with van der Waals surface area (Å²) in [4.78, 5) is 29.8. The van der Waals surface area contributed by atoms with Gasteiger partial charge in [-0.15, -0.1) is 12.4 Å². The summed E-state index contributed by atoms with van der Waals surface area (Å²) in [5, 5.41) is 11.4. The maximum atomic E-state index is 13.4. The Kier molecular flexibility index (Phi) is 5.66. The number of carbonyl (C=O) groups excluding carboxylic acids is 1. The lowest BCUT2D eigenvalue weighted by Gasteiger charge is -2.13. The van der Waals surface area contributed by atoms with Crippen molar-refractivity contribution in [3.8, 4) is 0 Å². The van der Waals surface area contributed by atoms with Crippen LogP contribution in [0.3, 0.4) is 0 Å². The van der Waals surface area contributed by atoms with Crippen LogP contribution in [0.2, 0.25) is 0 Å². The number of nitrogens with one attached hydrogen (secondary N) is 2. The Labute approximate surface area is 126 Å². The number of hydrogen-bond donors (Lipinski definition) is 3. The number of nitrogens with zero attached hydrogens (tertiary/aromatic N) is 1. The zero-order chi connectivity index (χ0) is 14.7. The maximum absolute atomic E-state index is 13.4. The van der Waals surface area contributed by atoms with E-state index >= 15 is 0 Å². The number of halogens is 2. The molecule has 114 valence electrons. The fourth-order valence-corrected chi connectivity index (χ4v) is 1.97. The largest absolute Gasteiger partial charge is 0.480 e. The standard InChI is InChI=1S/C13H14FN3O3.ClH/c1-2-3-9(13(19)20)17-12(18)8-4-7(14)5-10-11(8)16-6-15-10;/h4-6,9H,2-3H2,1H3,(H,15,16)(H,17,18)(H,19,20);1H. The van der Waals surface area contributed by atoms with E-state index in [0.717, 1.165) is 6.07 Å². The van der Waals surface area contributed by atoms with E-state index in [1.54, 1.807) is 0 Å². The van der Waals surface area contributed by atoms with Crippen molar-refractivity contribution in [2.45, 2.75) is 25.8 Å². The van der Waals surface area contributed by atoms with E-state index in [0.29, 0.717) is 23.9 Å². The summed E-state index contributed by atoms with van der Waals surface area (Å²) in [5.41, 5.74) is 0.714. The second kappa shape index (κ2) is 7.03. The lowest BCUT2D eigenvalue weighted by Crippen LogP contribution is -2.40. The molecular weight excluding hydrogens is 301 g/mol. The van der Waals surface area contributed by atoms with E-state index in [1.165, 1.54) is 12.4 Å². The number of carbonyl (C=O) groups is 2. The van der Waals surface area contributed by atoms with E-state index < -0.39 is 23.7 Å². The smallest absolute Gasteiger partial charge is 0.326 e. The maximum Gasteiger partial charge on any atom is 0.326 e. The predicted molar refractivity (Wildman–Crippen MR) is 77.1 cm³/mol. The van der Waals surface area contributed by atoms with Crippen LogP contribution < -0.4 is 5.32 Å². The topological polar surface area (TPSA) is 95.1 Å². The summed E-state index contributed by atoms with van der Waals surface area (Å²) in [6, 6.07) is 1.27. The highest BCUT2D eigenvalue weighted by atomic mass is 35.5. The number of rotatable bonds is 5. The van der Waals surface area contributed by atoms with Crippen LogP contribution in [0.1, 0.15) is 30.1 Å². The van der Waals surface area contributed by atoms with Crippen LogP contribution in [0.4, 0.5) is 4.39 Å². The number of benzene rings is 1. The monoisotopic (exact) mass is 315 g/mol. The minimum absolute atomic E-state index is 0. The quantitative estimate of drug-likeness (QED) is 0.787. The Balaban J connectivity index is 0.00000220. The first-order valence-electron chi connectivity index (χ1n) is 6.19. The molecule has 1 aromatic heterocycles. The number of aliphatic carboxylic acids is 1. The van der Waals surface area contributed by atoms with Gasteiger partial charge in [-0.3, -0.25) is 4.79 Å². The van der Waals surface area contributed by atoms with Crippen LogP contribution >= 0.6 is 12.4 Å². The summed E-state index contributed by atoms with van der Waals surface area (Å²) in [6.45, 7) is 1.82. The second-order valence-corrected chi connectivity index (χ2v) is 4.41. The average Bonchev–Trinajstić information content (AvgIpc) is 2.84. The summed E-state index contributed by atoms with van der Waals surface area (Å²) in [7, 11) is 0. The van der Waals surface area contributed by atoms with Crippen molar-refractivity contribution in [3.05, 3.63) is 29.8 Å². The normalized spacial score (nSPS) is 11.7. The zero-order valence-electron chi connectivity index (χ0n) is 11.2. The Morgan fingerprint density at radius 2 is 2.19 bits per heavy atom. The van der Waals surface area contributed by atoms with Gasteiger partial charge in [0, 0.05) is 0 Å². The molecular formula is C13H15ClFN3O3. The van der Waals surface area contributed by atoms with Gasteiger partial charge in [0.15, 0.2) is 0 Å². The van der Waals surface area contributed by atoms with Crippen molar-refractivity contribution in [1.29, 1.82) is 0 Å². The van der Waals surface area contributed by atoms with Gasteiger partial charge in [-0.1, -0.05) is 13.3 Å². The second-order valence-electron chi connectivity index (χ2n) is 4.41. The molecule has 6 nitrogen and oxygen atoms in total. The number of carboxylic acid groups (broad SMARTS) is 1. The first-order valence-corrected chi connectivity index (χ1v) is 6.19. The number of carboxylic acids is 1. The van der Waals surface area contributed by atoms with Gasteiger partial charge in [-0.05, 0) is 18.6 Å². The molecule has 1 amide bonds. The first kappa shape index (κ1) is 16.9. The molecule has 8 heteroatoms. The molecule has 1 unspecified atom stereocenters. The Morgan fingerprint density at radius 1 is 1.48 bits per heavy atom. The number of aromatic nitrogens is 2. The number of hydrogen-bond acceptors (Lipinski definition) is 3. The van der Waals surface area contributed by atoms with Gasteiger partial charge in [0.25, 0.3) is 5.91 Å². The molecule has 1 heterocycles. The van der Waals surface area contributed by atoms with Crippen LogP contribution in [-0.4, -0.2) is 33.0 Å². The van der Waals surface area contributed by atoms with Gasteiger partial charge < -0.3 is 15.4 Å². The molecule has 0 aliphatic carbocycles. The fourth-order valence-electron chi connectivity index (χ4n) is 1.97. The van der Waals surface area contributed by atoms with E-state index in [-0.39, 0.29) is 18.0 Å². The third-order valence-corrected chi connectivity index (χ3v) is 2.91. The lowest BCUT2D eigenvalue weighted by molar-refractivity contribution is -0.139. The fraction of sp³-hybridized carbons (Fsp3) is 0.308. The number of H-pyrrole nitrogens is 1. The van der Waals surface area contributed by atoms with Gasteiger partial charge >= 0.3 is 5.97 Å². The minimum Gasteiger partial charge on any atom is -0.480 e. The van der Waals surface area contributed by atoms with Crippen LogP contribution in [0, 0.1) is 5.82 Å². The summed E-state index contributed by atoms with van der Waals surface area (Å²) in [6.07, 6.45) is 2.26. The van der Waals surface area contributed by atoms with Gasteiger partial charge in [0.2, 0.25) is 0 Å². The van der Waals surface area contributed by atoms with Gasteiger partial charge in [-0.25, -0.2) is 14.2 Å². The van der Waals surface area contributed by atoms with Crippen LogP contribution in [-0.2, 0) is 4.79 Å². The van der Waals surface area contributed by atoms with Gasteiger partial charge in [0.05, 0.1) is 17.4 Å². The lowest BCUT2D eigenvalue weighted by atomic mass is 10.1. The highest BCUT2D eigenvalue weighted by molar-refractivity contribution is 6.05. The molecule has 0 aliphatic rings. The van der Waals surface area contributed by atoms with E-state index in [1.807, 2.05) is 6.92 Å². The first-order chi connectivity index (χ1) is 9.52. The molecule has 2 aromatic rings. The van der Waals surface area contributed by atoms with Gasteiger partial charge in [0.1, 0.15) is 17.4 Å². The van der Waals surface area contributed by atoms with Gasteiger partial charge in [-0.2, -0.15) is 0 Å². The molecule has 0 spiro atoms. The highest BCUT2D eigenvalue weighted by Gasteiger charge is 2.22. The van der Waals surface area contributed by atoms with E-state index in [2.05, 4.69) is 15.3 Å². The number of aromatic amines is 1. The molecule has 0 radical (unpaired) electrons. The van der Waals surface area contributed by atoms with Crippen molar-refractivity contribution in [2.24, 2.45) is 0 Å². The van der Waals surface area contributed by atoms with Crippen molar-refractivity contribution >= 4 is 35.3 Å². The summed E-state index contributed by atoms with van der Waals surface area (Å²) in [5.74, 6) is -2.36. The molecule has 2 rings (SSSR count). The molecule has 1 atom stereocenters. The number of amides is 1. The number of imidazole rings is 1. The highest BCUT2D eigenvalue weighted by Crippen LogP contribution is 2.17. The van der Waals surface area contributed by atoms with Crippen molar-refractivity contribution < 1.29 is 19.1 Å². The minimum atomic E-state index is -1.12. The molecule has 0 fully saturated rings. The summed E-state index contributed by atoms with van der Waals surface area (Å²) < 4.78 is 13.4. The summed E-state index contributed by atoms with van der Waals surface area (Å²) >= 11 is 0. The van der Waals surface area contributed by atoms with Crippen molar-refractivity contribution in [1.82, 2.24) is 15.3 Å². The molecule has 1 aromatic carbocycles. The molecule has 0 aliphatic heterocycles. The average molecular weight is 316 g/mol. The third kappa shape index (κ3) is 3.69.